The molecule has 0 saturated carbocycles. The number of halogens is 1. The van der Waals surface area contributed by atoms with Crippen molar-refractivity contribution in [1.29, 1.82) is 0 Å². The molecule has 6 heteroatoms. The Morgan fingerprint density at radius 3 is 2.84 bits per heavy atom. The third kappa shape index (κ3) is 4.22. The van der Waals surface area contributed by atoms with Gasteiger partial charge in [0.15, 0.2) is 0 Å². The number of fused-ring (bicyclic) bond motifs is 1. The lowest BCUT2D eigenvalue weighted by Crippen LogP contribution is -2.26. The second-order valence-electron chi connectivity index (χ2n) is 6.30. The monoisotopic (exact) mass is 361 g/mol. The first-order valence-corrected chi connectivity index (χ1v) is 9.21. The van der Waals surface area contributed by atoms with Gasteiger partial charge < -0.3 is 14.6 Å². The molecule has 25 heavy (non-hydrogen) atoms. The van der Waals surface area contributed by atoms with Gasteiger partial charge in [0.25, 0.3) is 5.91 Å². The van der Waals surface area contributed by atoms with Crippen molar-refractivity contribution in [2.24, 2.45) is 0 Å². The van der Waals surface area contributed by atoms with Crippen molar-refractivity contribution in [2.75, 3.05) is 20.3 Å². The fourth-order valence-electron chi connectivity index (χ4n) is 3.22. The Morgan fingerprint density at radius 1 is 1.28 bits per heavy atom. The van der Waals surface area contributed by atoms with E-state index in [-0.39, 0.29) is 5.91 Å². The fraction of sp³-hybridized carbons (Fsp3) is 0.474. The Balaban J connectivity index is 1.90. The third-order valence-electron chi connectivity index (χ3n) is 4.50. The van der Waals surface area contributed by atoms with Gasteiger partial charge in [-0.3, -0.25) is 4.79 Å². The van der Waals surface area contributed by atoms with Crippen molar-refractivity contribution >= 4 is 17.5 Å². The topological polar surface area (TPSA) is 56.1 Å². The molecule has 0 radical (unpaired) electrons. The van der Waals surface area contributed by atoms with Crippen molar-refractivity contribution < 1.29 is 9.53 Å². The number of nitrogens with one attached hydrogen (secondary N) is 1. The van der Waals surface area contributed by atoms with Crippen molar-refractivity contribution in [2.45, 2.75) is 38.6 Å². The van der Waals surface area contributed by atoms with E-state index >= 15 is 0 Å². The molecule has 1 aromatic heterocycles. The zero-order chi connectivity index (χ0) is 17.6. The number of ether oxygens (including phenoxy) is 1. The molecule has 1 aliphatic heterocycles. The summed E-state index contributed by atoms with van der Waals surface area (Å²) >= 11 is 6.01. The van der Waals surface area contributed by atoms with E-state index in [0.717, 1.165) is 49.3 Å². The van der Waals surface area contributed by atoms with Gasteiger partial charge >= 0.3 is 0 Å². The van der Waals surface area contributed by atoms with Gasteiger partial charge in [0.05, 0.1) is 5.69 Å². The molecule has 5 nitrogen and oxygen atoms in total. The van der Waals surface area contributed by atoms with Gasteiger partial charge in [-0.25, -0.2) is 4.98 Å². The second-order valence-corrected chi connectivity index (χ2v) is 6.74. The molecule has 3 rings (SSSR count). The Labute approximate surface area is 153 Å². The van der Waals surface area contributed by atoms with Crippen LogP contribution in [0.5, 0.6) is 0 Å². The summed E-state index contributed by atoms with van der Waals surface area (Å²) in [7, 11) is 1.66. The van der Waals surface area contributed by atoms with Gasteiger partial charge in [0, 0.05) is 37.4 Å². The van der Waals surface area contributed by atoms with Crippen molar-refractivity contribution in [3.05, 3.63) is 40.7 Å². The van der Waals surface area contributed by atoms with Crippen LogP contribution in [0.1, 0.15) is 41.9 Å². The third-order valence-corrected chi connectivity index (χ3v) is 4.75. The number of aromatic nitrogens is 2. The molecule has 0 spiro atoms. The molecule has 1 aromatic carbocycles. The number of imidazole rings is 1. The van der Waals surface area contributed by atoms with E-state index in [4.69, 9.17) is 21.3 Å². The second kappa shape index (κ2) is 8.50. The lowest BCUT2D eigenvalue weighted by Gasteiger charge is -2.09. The molecule has 1 amide bonds. The van der Waals surface area contributed by atoms with E-state index in [2.05, 4.69) is 9.88 Å². The first-order chi connectivity index (χ1) is 12.2. The molecule has 2 aromatic rings. The van der Waals surface area contributed by atoms with Gasteiger partial charge in [0.1, 0.15) is 11.5 Å². The van der Waals surface area contributed by atoms with Crippen LogP contribution < -0.4 is 5.32 Å². The number of amides is 1. The van der Waals surface area contributed by atoms with Gasteiger partial charge in [-0.2, -0.15) is 0 Å². The Morgan fingerprint density at radius 2 is 2.08 bits per heavy atom. The minimum atomic E-state index is -0.0954. The minimum Gasteiger partial charge on any atom is -0.385 e. The maximum atomic E-state index is 12.6. The fourth-order valence-corrected chi connectivity index (χ4v) is 3.35. The minimum absolute atomic E-state index is 0.0954. The van der Waals surface area contributed by atoms with Gasteiger partial charge in [-0.15, -0.1) is 0 Å². The highest BCUT2D eigenvalue weighted by atomic mass is 35.5. The summed E-state index contributed by atoms with van der Waals surface area (Å²) in [6.07, 6.45) is 5.06. The summed E-state index contributed by atoms with van der Waals surface area (Å²) in [5, 5.41) is 3.66. The van der Waals surface area contributed by atoms with E-state index in [9.17, 15) is 4.79 Å². The molecule has 2 heterocycles. The van der Waals surface area contributed by atoms with Crippen LogP contribution in [0.4, 0.5) is 0 Å². The molecular formula is C19H24ClN3O2. The molecule has 0 atom stereocenters. The summed E-state index contributed by atoms with van der Waals surface area (Å²) in [5.74, 6) is 0.762. The van der Waals surface area contributed by atoms with Gasteiger partial charge in [-0.05, 0) is 49.9 Å². The average molecular weight is 362 g/mol. The molecule has 0 bridgehead atoms. The average Bonchev–Trinajstić information content (AvgIpc) is 2.81. The van der Waals surface area contributed by atoms with Crippen LogP contribution in [-0.4, -0.2) is 35.7 Å². The number of methoxy groups -OCH3 is 1. The Kier molecular flexibility index (Phi) is 6.10. The lowest BCUT2D eigenvalue weighted by atomic mass is 10.1. The van der Waals surface area contributed by atoms with Crippen LogP contribution in [0.3, 0.4) is 0 Å². The number of nitrogens with zero attached hydrogens (tertiary/aromatic N) is 2. The maximum absolute atomic E-state index is 12.6. The van der Waals surface area contributed by atoms with Crippen LogP contribution in [0.25, 0.3) is 11.4 Å². The molecule has 0 fully saturated rings. The summed E-state index contributed by atoms with van der Waals surface area (Å²) in [6.45, 7) is 2.13. The van der Waals surface area contributed by atoms with E-state index < -0.39 is 0 Å². The number of carbonyl (C=O) groups is 1. The Hall–Kier alpha value is -1.85. The van der Waals surface area contributed by atoms with Crippen molar-refractivity contribution in [3.63, 3.8) is 0 Å². The van der Waals surface area contributed by atoms with E-state index in [1.165, 1.54) is 6.42 Å². The van der Waals surface area contributed by atoms with Crippen molar-refractivity contribution in [3.8, 4) is 11.4 Å². The van der Waals surface area contributed by atoms with E-state index in [1.807, 2.05) is 24.3 Å². The molecule has 0 unspecified atom stereocenters. The van der Waals surface area contributed by atoms with Crippen LogP contribution in [0.15, 0.2) is 24.3 Å². The summed E-state index contributed by atoms with van der Waals surface area (Å²) in [6, 6.07) is 7.64. The van der Waals surface area contributed by atoms with Crippen LogP contribution in [-0.2, 0) is 17.7 Å². The van der Waals surface area contributed by atoms with E-state index in [1.54, 1.807) is 7.11 Å². The molecule has 0 saturated heterocycles. The Bertz CT molecular complexity index is 725. The SMILES string of the molecule is COCCCNC(=O)c1nc(-c2ccc(Cl)cc2)n2c1CCCCC2. The quantitative estimate of drug-likeness (QED) is 0.798. The zero-order valence-corrected chi connectivity index (χ0v) is 15.3. The normalized spacial score (nSPS) is 14.0. The van der Waals surface area contributed by atoms with Crippen molar-refractivity contribution in [1.82, 2.24) is 14.9 Å². The van der Waals surface area contributed by atoms with Crippen LogP contribution in [0.2, 0.25) is 5.02 Å². The van der Waals surface area contributed by atoms with Crippen LogP contribution in [0, 0.1) is 0 Å². The number of hydrogen-bond donors (Lipinski definition) is 1. The smallest absolute Gasteiger partial charge is 0.271 e. The lowest BCUT2D eigenvalue weighted by molar-refractivity contribution is 0.0943. The van der Waals surface area contributed by atoms with Gasteiger partial charge in [-0.1, -0.05) is 18.0 Å². The molecule has 1 N–H and O–H groups in total. The first kappa shape index (κ1) is 18.0. The summed E-state index contributed by atoms with van der Waals surface area (Å²) < 4.78 is 7.23. The van der Waals surface area contributed by atoms with Crippen LogP contribution >= 0.6 is 11.6 Å². The first-order valence-electron chi connectivity index (χ1n) is 8.83. The molecule has 0 aliphatic carbocycles. The maximum Gasteiger partial charge on any atom is 0.271 e. The molecular weight excluding hydrogens is 338 g/mol. The number of carbonyl (C=O) groups excluding carboxylic acids is 1. The largest absolute Gasteiger partial charge is 0.385 e. The van der Waals surface area contributed by atoms with Gasteiger partial charge in [0.2, 0.25) is 0 Å². The van der Waals surface area contributed by atoms with E-state index in [0.29, 0.717) is 23.9 Å². The number of rotatable bonds is 6. The molecule has 1 aliphatic rings. The standard InChI is InChI=1S/C19H24ClN3O2/c1-25-13-5-11-21-19(24)17-16-6-3-2-4-12-23(16)18(22-17)14-7-9-15(20)10-8-14/h7-10H,2-6,11-13H2,1H3,(H,21,24). The summed E-state index contributed by atoms with van der Waals surface area (Å²) in [4.78, 5) is 17.4. The summed E-state index contributed by atoms with van der Waals surface area (Å²) in [5.41, 5.74) is 2.60. The highest BCUT2D eigenvalue weighted by molar-refractivity contribution is 6.30. The highest BCUT2D eigenvalue weighted by Gasteiger charge is 2.24. The highest BCUT2D eigenvalue weighted by Crippen LogP contribution is 2.28. The number of benzene rings is 1. The number of hydrogen-bond acceptors (Lipinski definition) is 3. The molecule has 134 valence electrons. The predicted octanol–water partition coefficient (Wildman–Crippen LogP) is 3.70. The zero-order valence-electron chi connectivity index (χ0n) is 14.6. The predicted molar refractivity (Wildman–Crippen MR) is 99.1 cm³/mol.